The van der Waals surface area contributed by atoms with E-state index in [0.29, 0.717) is 35.2 Å². The van der Waals surface area contributed by atoms with Gasteiger partial charge in [0.15, 0.2) is 5.12 Å². The van der Waals surface area contributed by atoms with Crippen LogP contribution in [-0.4, -0.2) is 10.9 Å². The highest BCUT2D eigenvalue weighted by Gasteiger charge is 2.19. The fourth-order valence-electron chi connectivity index (χ4n) is 1.74. The third-order valence-electron chi connectivity index (χ3n) is 2.72. The van der Waals surface area contributed by atoms with Crippen molar-refractivity contribution in [3.05, 3.63) is 0 Å². The molecule has 0 rings (SSSR count). The monoisotopic (exact) mass is 230 g/mol. The largest absolute Gasteiger partial charge is 0.287 e. The van der Waals surface area contributed by atoms with Crippen LogP contribution >= 0.6 is 11.8 Å². The molecular weight excluding hydrogens is 204 g/mol. The lowest BCUT2D eigenvalue weighted by atomic mass is 9.87. The first-order chi connectivity index (χ1) is 6.84. The maximum atomic E-state index is 11.6. The van der Waals surface area contributed by atoms with Gasteiger partial charge in [0.1, 0.15) is 0 Å². The van der Waals surface area contributed by atoms with Crippen LogP contribution in [-0.2, 0) is 4.79 Å². The molecule has 0 N–H and O–H groups in total. The van der Waals surface area contributed by atoms with Gasteiger partial charge >= 0.3 is 0 Å². The summed E-state index contributed by atoms with van der Waals surface area (Å²) in [6.45, 7) is 13.2. The Labute approximate surface area is 99.4 Å². The zero-order chi connectivity index (χ0) is 12.0. The SMILES string of the molecule is CC(C)CC(=O)SCC(C(C)C)C(C)C. The Morgan fingerprint density at radius 1 is 1.00 bits per heavy atom. The number of hydrogen-bond acceptors (Lipinski definition) is 2. The number of carbonyl (C=O) groups is 1. The number of carbonyl (C=O) groups excluding carboxylic acids is 1. The maximum Gasteiger partial charge on any atom is 0.189 e. The summed E-state index contributed by atoms with van der Waals surface area (Å²) < 4.78 is 0. The molecule has 2 heteroatoms. The van der Waals surface area contributed by atoms with E-state index in [1.807, 2.05) is 0 Å². The standard InChI is InChI=1S/C13H26OS/c1-9(2)7-13(14)15-8-12(10(3)4)11(5)6/h9-12H,7-8H2,1-6H3. The molecule has 0 aliphatic heterocycles. The second-order valence-electron chi connectivity index (χ2n) is 5.43. The molecule has 1 nitrogen and oxygen atoms in total. The molecule has 0 spiro atoms. The van der Waals surface area contributed by atoms with Crippen molar-refractivity contribution < 1.29 is 4.79 Å². The Bertz CT molecular complexity index is 177. The molecule has 0 saturated carbocycles. The van der Waals surface area contributed by atoms with Gasteiger partial charge < -0.3 is 0 Å². The van der Waals surface area contributed by atoms with E-state index in [0.717, 1.165) is 5.75 Å². The van der Waals surface area contributed by atoms with Crippen molar-refractivity contribution in [1.82, 2.24) is 0 Å². The highest BCUT2D eigenvalue weighted by atomic mass is 32.2. The molecule has 0 atom stereocenters. The molecule has 0 fully saturated rings. The van der Waals surface area contributed by atoms with Gasteiger partial charge in [0, 0.05) is 12.2 Å². The van der Waals surface area contributed by atoms with E-state index in [2.05, 4.69) is 41.5 Å². The first-order valence-electron chi connectivity index (χ1n) is 6.00. The lowest BCUT2D eigenvalue weighted by Crippen LogP contribution is -2.19. The Morgan fingerprint density at radius 3 is 1.80 bits per heavy atom. The molecule has 0 bridgehead atoms. The van der Waals surface area contributed by atoms with E-state index in [4.69, 9.17) is 0 Å². The summed E-state index contributed by atoms with van der Waals surface area (Å²) in [6.07, 6.45) is 0.716. The van der Waals surface area contributed by atoms with Crippen LogP contribution in [0.2, 0.25) is 0 Å². The number of hydrogen-bond donors (Lipinski definition) is 0. The van der Waals surface area contributed by atoms with Crippen molar-refractivity contribution in [2.24, 2.45) is 23.7 Å². The molecule has 0 heterocycles. The average molecular weight is 230 g/mol. The molecule has 0 aromatic heterocycles. The molecule has 0 aromatic carbocycles. The summed E-state index contributed by atoms with van der Waals surface area (Å²) >= 11 is 1.53. The lowest BCUT2D eigenvalue weighted by molar-refractivity contribution is -0.111. The molecule has 15 heavy (non-hydrogen) atoms. The van der Waals surface area contributed by atoms with Gasteiger partial charge in [-0.05, 0) is 23.7 Å². The summed E-state index contributed by atoms with van der Waals surface area (Å²) in [4.78, 5) is 11.6. The van der Waals surface area contributed by atoms with Gasteiger partial charge in [-0.25, -0.2) is 0 Å². The van der Waals surface area contributed by atoms with Crippen molar-refractivity contribution in [3.8, 4) is 0 Å². The molecular formula is C13H26OS. The Hall–Kier alpha value is 0.0200. The molecule has 0 amide bonds. The van der Waals surface area contributed by atoms with Crippen LogP contribution in [0.4, 0.5) is 0 Å². The van der Waals surface area contributed by atoms with Gasteiger partial charge in [0.05, 0.1) is 0 Å². The van der Waals surface area contributed by atoms with Crippen LogP contribution in [0.1, 0.15) is 48.0 Å². The van der Waals surface area contributed by atoms with Crippen molar-refractivity contribution >= 4 is 16.9 Å². The molecule has 0 aliphatic carbocycles. The van der Waals surface area contributed by atoms with E-state index in [-0.39, 0.29) is 0 Å². The Balaban J connectivity index is 3.95. The van der Waals surface area contributed by atoms with Crippen LogP contribution in [0.25, 0.3) is 0 Å². The smallest absolute Gasteiger partial charge is 0.189 e. The minimum absolute atomic E-state index is 0.358. The number of thioether (sulfide) groups is 1. The minimum Gasteiger partial charge on any atom is -0.287 e. The summed E-state index contributed by atoms with van der Waals surface area (Å²) in [6, 6.07) is 0. The van der Waals surface area contributed by atoms with Crippen LogP contribution in [0.15, 0.2) is 0 Å². The van der Waals surface area contributed by atoms with Gasteiger partial charge in [-0.3, -0.25) is 4.79 Å². The quantitative estimate of drug-likeness (QED) is 0.679. The second-order valence-corrected chi connectivity index (χ2v) is 6.51. The Morgan fingerprint density at radius 2 is 1.47 bits per heavy atom. The summed E-state index contributed by atoms with van der Waals surface area (Å²) in [5.74, 6) is 3.47. The highest BCUT2D eigenvalue weighted by Crippen LogP contribution is 2.26. The predicted octanol–water partition coefficient (Wildman–Crippen LogP) is 4.22. The molecule has 0 unspecified atom stereocenters. The van der Waals surface area contributed by atoms with E-state index in [1.54, 1.807) is 0 Å². The van der Waals surface area contributed by atoms with Crippen molar-refractivity contribution in [3.63, 3.8) is 0 Å². The number of rotatable bonds is 6. The first kappa shape index (κ1) is 15.0. The van der Waals surface area contributed by atoms with Crippen LogP contribution in [0.3, 0.4) is 0 Å². The van der Waals surface area contributed by atoms with Crippen molar-refractivity contribution in [2.45, 2.75) is 48.0 Å². The van der Waals surface area contributed by atoms with Gasteiger partial charge in [0.25, 0.3) is 0 Å². The highest BCUT2D eigenvalue weighted by molar-refractivity contribution is 8.13. The van der Waals surface area contributed by atoms with Crippen molar-refractivity contribution in [2.75, 3.05) is 5.75 Å². The van der Waals surface area contributed by atoms with Crippen LogP contribution in [0, 0.1) is 23.7 Å². The third kappa shape index (κ3) is 6.99. The molecule has 0 saturated heterocycles. The second kappa shape index (κ2) is 7.32. The first-order valence-corrected chi connectivity index (χ1v) is 6.98. The Kier molecular flexibility index (Phi) is 7.33. The van der Waals surface area contributed by atoms with E-state index >= 15 is 0 Å². The molecule has 90 valence electrons. The van der Waals surface area contributed by atoms with Crippen LogP contribution < -0.4 is 0 Å². The van der Waals surface area contributed by atoms with E-state index in [1.165, 1.54) is 11.8 Å². The summed E-state index contributed by atoms with van der Waals surface area (Å²) in [7, 11) is 0. The van der Waals surface area contributed by atoms with Gasteiger partial charge in [-0.1, -0.05) is 53.3 Å². The lowest BCUT2D eigenvalue weighted by Gasteiger charge is -2.24. The van der Waals surface area contributed by atoms with E-state index in [9.17, 15) is 4.79 Å². The fraction of sp³-hybridized carbons (Fsp3) is 0.923. The molecule has 0 aromatic rings. The normalized spacial score (nSPS) is 12.1. The average Bonchev–Trinajstić information content (AvgIpc) is 2.00. The third-order valence-corrected chi connectivity index (χ3v) is 3.76. The fourth-order valence-corrected chi connectivity index (χ4v) is 3.34. The van der Waals surface area contributed by atoms with E-state index < -0.39 is 0 Å². The topological polar surface area (TPSA) is 17.1 Å². The van der Waals surface area contributed by atoms with Crippen molar-refractivity contribution in [1.29, 1.82) is 0 Å². The van der Waals surface area contributed by atoms with Crippen LogP contribution in [0.5, 0.6) is 0 Å². The zero-order valence-corrected chi connectivity index (χ0v) is 11.9. The summed E-state index contributed by atoms with van der Waals surface area (Å²) in [5, 5.41) is 0.358. The predicted molar refractivity (Wildman–Crippen MR) is 70.1 cm³/mol. The van der Waals surface area contributed by atoms with Gasteiger partial charge in [-0.15, -0.1) is 0 Å². The maximum absolute atomic E-state index is 11.6. The zero-order valence-electron chi connectivity index (χ0n) is 11.0. The van der Waals surface area contributed by atoms with Gasteiger partial charge in [0.2, 0.25) is 0 Å². The molecule has 0 radical (unpaired) electrons. The summed E-state index contributed by atoms with van der Waals surface area (Å²) in [5.41, 5.74) is 0. The minimum atomic E-state index is 0.358. The van der Waals surface area contributed by atoms with Gasteiger partial charge in [-0.2, -0.15) is 0 Å². The molecule has 0 aliphatic rings.